The van der Waals surface area contributed by atoms with Crippen molar-refractivity contribution in [1.29, 1.82) is 0 Å². The second-order valence-corrected chi connectivity index (χ2v) is 3.94. The Bertz CT molecular complexity index is 684. The van der Waals surface area contributed by atoms with Gasteiger partial charge in [-0.25, -0.2) is 4.79 Å². The van der Waals surface area contributed by atoms with Crippen LogP contribution < -0.4 is 0 Å². The molecule has 90 valence electrons. The van der Waals surface area contributed by atoms with Gasteiger partial charge in [0.25, 0.3) is 0 Å². The number of aromatic nitrogens is 1. The van der Waals surface area contributed by atoms with Crippen LogP contribution in [0.4, 0.5) is 0 Å². The van der Waals surface area contributed by atoms with E-state index in [1.165, 1.54) is 17.7 Å². The molecule has 5 heteroatoms. The zero-order valence-electron chi connectivity index (χ0n) is 9.51. The summed E-state index contributed by atoms with van der Waals surface area (Å²) >= 11 is 0. The summed E-state index contributed by atoms with van der Waals surface area (Å²) in [4.78, 5) is 23.5. The summed E-state index contributed by atoms with van der Waals surface area (Å²) in [7, 11) is 1.22. The second-order valence-electron chi connectivity index (χ2n) is 3.94. The zero-order chi connectivity index (χ0) is 12.9. The van der Waals surface area contributed by atoms with E-state index in [-0.39, 0.29) is 22.9 Å². The summed E-state index contributed by atoms with van der Waals surface area (Å²) in [6.45, 7) is 0. The summed E-state index contributed by atoms with van der Waals surface area (Å²) < 4.78 is 5.92. The van der Waals surface area contributed by atoms with Gasteiger partial charge in [-0.05, 0) is 18.2 Å². The highest BCUT2D eigenvalue weighted by molar-refractivity contribution is 6.15. The maximum absolute atomic E-state index is 12.1. The lowest BCUT2D eigenvalue weighted by atomic mass is 10.1. The molecular weight excluding hydrogens is 234 g/mol. The van der Waals surface area contributed by atoms with Crippen LogP contribution in [-0.4, -0.2) is 28.5 Å². The van der Waals surface area contributed by atoms with Gasteiger partial charge in [0, 0.05) is 5.56 Å². The number of benzene rings is 1. The fourth-order valence-corrected chi connectivity index (χ4v) is 2.17. The van der Waals surface area contributed by atoms with Crippen molar-refractivity contribution in [2.24, 2.45) is 0 Å². The van der Waals surface area contributed by atoms with Gasteiger partial charge < -0.3 is 9.84 Å². The number of rotatable bonds is 1. The van der Waals surface area contributed by atoms with Crippen molar-refractivity contribution in [1.82, 2.24) is 4.57 Å². The molecule has 0 saturated carbocycles. The third-order valence-electron chi connectivity index (χ3n) is 3.00. The molecule has 1 aliphatic rings. The molecule has 18 heavy (non-hydrogen) atoms. The number of hydrogen-bond donors (Lipinski definition) is 1. The van der Waals surface area contributed by atoms with Crippen LogP contribution in [0.1, 0.15) is 26.4 Å². The number of carbonyl (C=O) groups is 2. The van der Waals surface area contributed by atoms with E-state index >= 15 is 0 Å². The number of fused-ring (bicyclic) bond motifs is 3. The van der Waals surface area contributed by atoms with Gasteiger partial charge in [0.1, 0.15) is 5.56 Å². The summed E-state index contributed by atoms with van der Waals surface area (Å²) in [6.07, 6.45) is 0. The molecule has 0 spiro atoms. The number of carbonyl (C=O) groups excluding carboxylic acids is 2. The lowest BCUT2D eigenvalue weighted by molar-refractivity contribution is 0.0597. The van der Waals surface area contributed by atoms with E-state index in [0.29, 0.717) is 11.3 Å². The smallest absolute Gasteiger partial charge is 0.343 e. The number of hydrogen-bond acceptors (Lipinski definition) is 4. The van der Waals surface area contributed by atoms with Gasteiger partial charge in [-0.3, -0.25) is 9.36 Å². The first kappa shape index (κ1) is 10.6. The van der Waals surface area contributed by atoms with Gasteiger partial charge in [0.2, 0.25) is 11.7 Å². The van der Waals surface area contributed by atoms with Crippen LogP contribution in [0.2, 0.25) is 0 Å². The monoisotopic (exact) mass is 243 g/mol. The molecular formula is C13H9NO4. The Kier molecular flexibility index (Phi) is 2.04. The maximum atomic E-state index is 12.1. The fraction of sp³-hybridized carbons (Fsp3) is 0.0769. The molecule has 0 radical (unpaired) electrons. The van der Waals surface area contributed by atoms with Crippen molar-refractivity contribution in [2.45, 2.75) is 0 Å². The van der Waals surface area contributed by atoms with E-state index in [4.69, 9.17) is 0 Å². The van der Waals surface area contributed by atoms with Gasteiger partial charge in [-0.1, -0.05) is 12.1 Å². The van der Waals surface area contributed by atoms with Crippen LogP contribution >= 0.6 is 0 Å². The number of aromatic hydroxyl groups is 1. The van der Waals surface area contributed by atoms with Gasteiger partial charge in [0.15, 0.2) is 0 Å². The van der Waals surface area contributed by atoms with Crippen molar-refractivity contribution in [3.63, 3.8) is 0 Å². The molecule has 0 aliphatic carbocycles. The van der Waals surface area contributed by atoms with Gasteiger partial charge in [-0.15, -0.1) is 0 Å². The molecule has 1 aromatic heterocycles. The molecule has 0 saturated heterocycles. The van der Waals surface area contributed by atoms with E-state index < -0.39 is 5.97 Å². The molecule has 3 rings (SSSR count). The van der Waals surface area contributed by atoms with Gasteiger partial charge in [-0.2, -0.15) is 0 Å². The molecule has 5 nitrogen and oxygen atoms in total. The molecule has 2 heterocycles. The van der Waals surface area contributed by atoms with Crippen molar-refractivity contribution in [2.75, 3.05) is 7.11 Å². The highest BCUT2D eigenvalue weighted by Gasteiger charge is 2.32. The zero-order valence-corrected chi connectivity index (χ0v) is 9.51. The number of para-hydroxylation sites is 1. The number of nitrogens with zero attached hydrogens (tertiary/aromatic N) is 1. The number of esters is 1. The topological polar surface area (TPSA) is 68.5 Å². The molecule has 0 amide bonds. The first-order valence-electron chi connectivity index (χ1n) is 5.32. The van der Waals surface area contributed by atoms with Gasteiger partial charge >= 0.3 is 5.97 Å². The first-order valence-corrected chi connectivity index (χ1v) is 5.32. The van der Waals surface area contributed by atoms with E-state index in [2.05, 4.69) is 4.74 Å². The third kappa shape index (κ3) is 1.15. The third-order valence-corrected chi connectivity index (χ3v) is 3.00. The molecule has 1 N–H and O–H groups in total. The van der Waals surface area contributed by atoms with Crippen molar-refractivity contribution < 1.29 is 19.4 Å². The van der Waals surface area contributed by atoms with Crippen molar-refractivity contribution in [3.05, 3.63) is 47.2 Å². The highest BCUT2D eigenvalue weighted by atomic mass is 16.5. The Morgan fingerprint density at radius 3 is 2.78 bits per heavy atom. The molecule has 0 bridgehead atoms. The number of ether oxygens (including phenoxy) is 1. The summed E-state index contributed by atoms with van der Waals surface area (Å²) in [5.41, 5.74) is 1.36. The molecule has 2 aromatic rings. The average Bonchev–Trinajstić information content (AvgIpc) is 2.87. The van der Waals surface area contributed by atoms with Crippen molar-refractivity contribution in [3.8, 4) is 11.6 Å². The lowest BCUT2D eigenvalue weighted by Gasteiger charge is -2.03. The minimum Gasteiger partial charge on any atom is -0.494 e. The summed E-state index contributed by atoms with van der Waals surface area (Å²) in [6, 6.07) is 8.26. The highest BCUT2D eigenvalue weighted by Crippen LogP contribution is 2.36. The van der Waals surface area contributed by atoms with Crippen LogP contribution in [0.3, 0.4) is 0 Å². The van der Waals surface area contributed by atoms with Crippen LogP contribution in [0.25, 0.3) is 5.69 Å². The SMILES string of the molecule is COC(=O)c1cc2n(c1O)-c1ccccc1C2=O. The second kappa shape index (κ2) is 3.46. The summed E-state index contributed by atoms with van der Waals surface area (Å²) in [5, 5.41) is 10.0. The molecule has 1 aliphatic heterocycles. The Labute approximate surface area is 102 Å². The molecule has 0 unspecified atom stereocenters. The quantitative estimate of drug-likeness (QED) is 0.658. The Hall–Kier alpha value is -2.56. The lowest BCUT2D eigenvalue weighted by Crippen LogP contribution is -2.01. The summed E-state index contributed by atoms with van der Waals surface area (Å²) in [5.74, 6) is -1.15. The fourth-order valence-electron chi connectivity index (χ4n) is 2.17. The number of methoxy groups -OCH3 is 1. The largest absolute Gasteiger partial charge is 0.494 e. The first-order chi connectivity index (χ1) is 8.65. The van der Waals surface area contributed by atoms with Crippen LogP contribution in [-0.2, 0) is 4.74 Å². The van der Waals surface area contributed by atoms with E-state index in [1.807, 2.05) is 0 Å². The van der Waals surface area contributed by atoms with Crippen LogP contribution in [0.15, 0.2) is 30.3 Å². The molecule has 0 fully saturated rings. The minimum absolute atomic E-state index is 0.00430. The van der Waals surface area contributed by atoms with Crippen LogP contribution in [0, 0.1) is 0 Å². The average molecular weight is 243 g/mol. The minimum atomic E-state index is -0.667. The predicted octanol–water partition coefficient (Wildman–Crippen LogP) is 1.51. The molecule has 0 atom stereocenters. The predicted molar refractivity (Wildman–Crippen MR) is 62.2 cm³/mol. The van der Waals surface area contributed by atoms with E-state index in [9.17, 15) is 14.7 Å². The Morgan fingerprint density at radius 1 is 1.33 bits per heavy atom. The van der Waals surface area contributed by atoms with Crippen molar-refractivity contribution >= 4 is 11.8 Å². The Balaban J connectivity index is 2.29. The Morgan fingerprint density at radius 2 is 2.06 bits per heavy atom. The van der Waals surface area contributed by atoms with E-state index in [0.717, 1.165) is 0 Å². The van der Waals surface area contributed by atoms with E-state index in [1.54, 1.807) is 24.3 Å². The maximum Gasteiger partial charge on any atom is 0.343 e. The van der Waals surface area contributed by atoms with Crippen LogP contribution in [0.5, 0.6) is 5.88 Å². The normalized spacial score (nSPS) is 12.2. The molecule has 1 aromatic carbocycles. The standard InChI is InChI=1S/C13H9NO4/c1-18-13(17)8-6-10-11(15)7-4-2-3-5-9(7)14(10)12(8)16/h2-6,16H,1H3. The van der Waals surface area contributed by atoms with Gasteiger partial charge in [0.05, 0.1) is 18.5 Å². The number of ketones is 1.